The minimum Gasteiger partial charge on any atom is -0.379 e. The van der Waals surface area contributed by atoms with E-state index in [0.717, 1.165) is 34.9 Å². The number of benzene rings is 1. The Morgan fingerprint density at radius 3 is 2.85 bits per heavy atom. The maximum absolute atomic E-state index is 12.7. The van der Waals surface area contributed by atoms with E-state index in [2.05, 4.69) is 44.5 Å². The van der Waals surface area contributed by atoms with Crippen LogP contribution < -0.4 is 10.6 Å². The van der Waals surface area contributed by atoms with Crippen molar-refractivity contribution in [1.29, 1.82) is 0 Å². The van der Waals surface area contributed by atoms with Crippen LogP contribution >= 0.6 is 11.6 Å². The van der Waals surface area contributed by atoms with Crippen molar-refractivity contribution in [1.82, 2.24) is 14.4 Å². The van der Waals surface area contributed by atoms with Crippen molar-refractivity contribution in [2.24, 2.45) is 5.92 Å². The lowest BCUT2D eigenvalue weighted by molar-refractivity contribution is -0.117. The van der Waals surface area contributed by atoms with Gasteiger partial charge in [0.2, 0.25) is 5.91 Å². The Bertz CT molecular complexity index is 1350. The first-order valence-electron chi connectivity index (χ1n) is 11.4. The quantitative estimate of drug-likeness (QED) is 0.378. The van der Waals surface area contributed by atoms with Crippen LogP contribution in [0, 0.1) is 5.92 Å². The fourth-order valence-electron chi connectivity index (χ4n) is 4.42. The smallest absolute Gasteiger partial charge is 0.229 e. The van der Waals surface area contributed by atoms with Crippen LogP contribution in [0.3, 0.4) is 0 Å². The molecular formula is C26H24ClN5O. The largest absolute Gasteiger partial charge is 0.379 e. The van der Waals surface area contributed by atoms with Crippen LogP contribution in [-0.4, -0.2) is 20.3 Å². The zero-order chi connectivity index (χ0) is 22.4. The van der Waals surface area contributed by atoms with E-state index >= 15 is 0 Å². The fraction of sp³-hybridized carbons (Fsp3) is 0.269. The highest BCUT2D eigenvalue weighted by molar-refractivity contribution is 6.30. The number of aromatic nitrogens is 3. The molecule has 2 N–H and O–H groups in total. The summed E-state index contributed by atoms with van der Waals surface area (Å²) in [7, 11) is 0. The van der Waals surface area contributed by atoms with Gasteiger partial charge in [0.15, 0.2) is 0 Å². The van der Waals surface area contributed by atoms with Crippen molar-refractivity contribution in [2.45, 2.75) is 37.6 Å². The number of imidazole rings is 1. The highest BCUT2D eigenvalue weighted by Crippen LogP contribution is 2.48. The number of carbonyl (C=O) groups excluding carboxylic acids is 1. The monoisotopic (exact) mass is 457 g/mol. The third-order valence-electron chi connectivity index (χ3n) is 6.46. The van der Waals surface area contributed by atoms with Crippen LogP contribution in [0.2, 0.25) is 5.02 Å². The molecule has 0 aliphatic heterocycles. The molecule has 6 nitrogen and oxygen atoms in total. The molecule has 0 bridgehead atoms. The van der Waals surface area contributed by atoms with Gasteiger partial charge in [-0.2, -0.15) is 0 Å². The summed E-state index contributed by atoms with van der Waals surface area (Å²) >= 11 is 6.09. The molecule has 0 saturated heterocycles. The molecule has 4 aromatic rings. The highest BCUT2D eigenvalue weighted by atomic mass is 35.5. The van der Waals surface area contributed by atoms with Crippen LogP contribution in [0.5, 0.6) is 0 Å². The number of nitrogens with one attached hydrogen (secondary N) is 2. The molecule has 7 heteroatoms. The maximum atomic E-state index is 12.7. The SMILES string of the molecule is O=C(Nc1cc(NCc2cn3cc(C4CC4)ccc3n2)ccn1)[C@H]1C[C@@H]1c1cccc(Cl)c1. The predicted octanol–water partition coefficient (Wildman–Crippen LogP) is 5.61. The Morgan fingerprint density at radius 1 is 1.09 bits per heavy atom. The molecule has 3 heterocycles. The molecule has 0 spiro atoms. The number of anilines is 2. The zero-order valence-electron chi connectivity index (χ0n) is 18.0. The molecule has 166 valence electrons. The lowest BCUT2D eigenvalue weighted by atomic mass is 10.1. The minimum absolute atomic E-state index is 0.00329. The number of pyridine rings is 2. The van der Waals surface area contributed by atoms with Crippen LogP contribution in [0.15, 0.2) is 67.1 Å². The number of carbonyl (C=O) groups is 1. The van der Waals surface area contributed by atoms with E-state index in [1.54, 1.807) is 6.20 Å². The van der Waals surface area contributed by atoms with Gasteiger partial charge in [-0.05, 0) is 66.5 Å². The van der Waals surface area contributed by atoms with E-state index in [4.69, 9.17) is 16.6 Å². The number of fused-ring (bicyclic) bond motifs is 1. The van der Waals surface area contributed by atoms with Gasteiger partial charge in [0.1, 0.15) is 11.5 Å². The molecule has 2 aliphatic rings. The average Bonchev–Trinajstić information content (AvgIpc) is 3.74. The second-order valence-electron chi connectivity index (χ2n) is 9.01. The maximum Gasteiger partial charge on any atom is 0.229 e. The molecule has 2 saturated carbocycles. The van der Waals surface area contributed by atoms with Gasteiger partial charge in [0.05, 0.1) is 12.2 Å². The average molecular weight is 458 g/mol. The summed E-state index contributed by atoms with van der Waals surface area (Å²) in [6, 6.07) is 15.8. The molecule has 6 rings (SSSR count). The molecular weight excluding hydrogens is 434 g/mol. The standard InChI is InChI=1S/C26H24ClN5O/c27-19-3-1-2-17(10-19)22-12-23(22)26(33)31-24-11-20(8-9-28-24)29-13-21-15-32-14-18(16-4-5-16)6-7-25(32)30-21/h1-3,6-11,14-16,22-23H,4-5,12-13H2,(H2,28,29,31,33)/t22-,23+/m1/s1. The van der Waals surface area contributed by atoms with Gasteiger partial charge < -0.3 is 15.0 Å². The predicted molar refractivity (Wildman–Crippen MR) is 130 cm³/mol. The third kappa shape index (κ3) is 4.44. The molecule has 33 heavy (non-hydrogen) atoms. The van der Waals surface area contributed by atoms with E-state index in [9.17, 15) is 4.79 Å². The molecule has 2 atom stereocenters. The first-order chi connectivity index (χ1) is 16.1. The van der Waals surface area contributed by atoms with Crippen LogP contribution in [0.25, 0.3) is 5.65 Å². The molecule has 0 unspecified atom stereocenters. The Balaban J connectivity index is 1.08. The fourth-order valence-corrected chi connectivity index (χ4v) is 4.61. The molecule has 3 aromatic heterocycles. The Labute approximate surface area is 197 Å². The van der Waals surface area contributed by atoms with Gasteiger partial charge in [0.25, 0.3) is 0 Å². The first-order valence-corrected chi connectivity index (χ1v) is 11.7. The second-order valence-corrected chi connectivity index (χ2v) is 9.45. The normalized spacial score (nSPS) is 19.4. The summed E-state index contributed by atoms with van der Waals surface area (Å²) in [5, 5.41) is 7.05. The minimum atomic E-state index is -0.0413. The van der Waals surface area contributed by atoms with E-state index in [1.165, 1.54) is 18.4 Å². The summed E-state index contributed by atoms with van der Waals surface area (Å²) in [6.45, 7) is 0.595. The number of nitrogens with zero attached hydrogens (tertiary/aromatic N) is 3. The lowest BCUT2D eigenvalue weighted by Gasteiger charge is -2.08. The highest BCUT2D eigenvalue weighted by Gasteiger charge is 2.44. The van der Waals surface area contributed by atoms with Crippen molar-refractivity contribution in [3.63, 3.8) is 0 Å². The van der Waals surface area contributed by atoms with E-state index < -0.39 is 0 Å². The van der Waals surface area contributed by atoms with E-state index in [1.807, 2.05) is 36.4 Å². The summed E-state index contributed by atoms with van der Waals surface area (Å²) in [4.78, 5) is 21.7. The van der Waals surface area contributed by atoms with Gasteiger partial charge in [-0.15, -0.1) is 0 Å². The number of hydrogen-bond acceptors (Lipinski definition) is 4. The first kappa shape index (κ1) is 20.2. The molecule has 2 aliphatic carbocycles. The number of hydrogen-bond donors (Lipinski definition) is 2. The van der Waals surface area contributed by atoms with Crippen LogP contribution in [0.1, 0.15) is 47.9 Å². The van der Waals surface area contributed by atoms with Crippen molar-refractivity contribution >= 4 is 34.7 Å². The summed E-state index contributed by atoms with van der Waals surface area (Å²) in [5.74, 6) is 1.45. The van der Waals surface area contributed by atoms with Crippen molar-refractivity contribution in [2.75, 3.05) is 10.6 Å². The zero-order valence-corrected chi connectivity index (χ0v) is 18.8. The number of rotatable bonds is 7. The molecule has 2 fully saturated rings. The summed E-state index contributed by atoms with van der Waals surface area (Å²) in [6.07, 6.45) is 9.37. The topological polar surface area (TPSA) is 71.3 Å². The summed E-state index contributed by atoms with van der Waals surface area (Å²) < 4.78 is 2.11. The van der Waals surface area contributed by atoms with Gasteiger partial charge in [-0.25, -0.2) is 9.97 Å². The van der Waals surface area contributed by atoms with Gasteiger partial charge in [-0.1, -0.05) is 29.8 Å². The Morgan fingerprint density at radius 2 is 2.00 bits per heavy atom. The van der Waals surface area contributed by atoms with Crippen LogP contribution in [0.4, 0.5) is 11.5 Å². The van der Waals surface area contributed by atoms with E-state index in [0.29, 0.717) is 17.4 Å². The van der Waals surface area contributed by atoms with Crippen molar-refractivity contribution in [3.05, 3.63) is 89.0 Å². The Hall–Kier alpha value is -3.38. The Kier molecular flexibility index (Phi) is 5.03. The number of halogens is 1. The lowest BCUT2D eigenvalue weighted by Crippen LogP contribution is -2.15. The molecule has 1 aromatic carbocycles. The second kappa shape index (κ2) is 8.19. The summed E-state index contributed by atoms with van der Waals surface area (Å²) in [5.41, 5.74) is 5.31. The van der Waals surface area contributed by atoms with Gasteiger partial charge in [0, 0.05) is 41.3 Å². The third-order valence-corrected chi connectivity index (χ3v) is 6.70. The van der Waals surface area contributed by atoms with Crippen molar-refractivity contribution < 1.29 is 4.79 Å². The molecule has 0 radical (unpaired) electrons. The van der Waals surface area contributed by atoms with Gasteiger partial charge >= 0.3 is 0 Å². The molecule has 1 amide bonds. The van der Waals surface area contributed by atoms with Crippen molar-refractivity contribution in [3.8, 4) is 0 Å². The van der Waals surface area contributed by atoms with Crippen LogP contribution in [-0.2, 0) is 11.3 Å². The van der Waals surface area contributed by atoms with Gasteiger partial charge in [-0.3, -0.25) is 4.79 Å². The number of amides is 1. The van der Waals surface area contributed by atoms with E-state index in [-0.39, 0.29) is 17.7 Å².